The molecule has 1 aliphatic heterocycles. The molecule has 2 aromatic carbocycles. The van der Waals surface area contributed by atoms with Crippen LogP contribution in [0.4, 0.5) is 0 Å². The molecule has 0 spiro atoms. The van der Waals surface area contributed by atoms with E-state index in [1.165, 1.54) is 11.8 Å². The molecule has 5 N–H and O–H groups in total. The number of hydrogen-bond acceptors (Lipinski definition) is 4. The summed E-state index contributed by atoms with van der Waals surface area (Å²) in [6, 6.07) is 16.1. The first-order chi connectivity index (χ1) is 14.0. The van der Waals surface area contributed by atoms with Gasteiger partial charge in [-0.05, 0) is 49.2 Å². The molecule has 0 aliphatic carbocycles. The van der Waals surface area contributed by atoms with Gasteiger partial charge in [0.1, 0.15) is 5.69 Å². The topological polar surface area (TPSA) is 105 Å². The van der Waals surface area contributed by atoms with E-state index < -0.39 is 5.91 Å². The molecule has 2 amide bonds. The van der Waals surface area contributed by atoms with Crippen molar-refractivity contribution in [3.63, 3.8) is 0 Å². The molecule has 4 rings (SSSR count). The molecule has 7 heteroatoms. The van der Waals surface area contributed by atoms with Crippen molar-refractivity contribution in [1.29, 1.82) is 0 Å². The summed E-state index contributed by atoms with van der Waals surface area (Å²) in [6.45, 7) is 2.39. The van der Waals surface area contributed by atoms with Gasteiger partial charge in [0.25, 0.3) is 5.91 Å². The molecule has 2 heterocycles. The van der Waals surface area contributed by atoms with E-state index in [9.17, 15) is 9.59 Å². The Morgan fingerprint density at radius 2 is 1.93 bits per heavy atom. The van der Waals surface area contributed by atoms with Crippen LogP contribution in [0.25, 0.3) is 10.9 Å². The van der Waals surface area contributed by atoms with Crippen LogP contribution < -0.4 is 11.5 Å². The number of aromatic nitrogens is 1. The number of H-pyrrole nitrogens is 1. The summed E-state index contributed by atoms with van der Waals surface area (Å²) in [5, 5.41) is 0.980. The van der Waals surface area contributed by atoms with Crippen molar-refractivity contribution in [2.24, 2.45) is 17.4 Å². The van der Waals surface area contributed by atoms with Gasteiger partial charge in [-0.2, -0.15) is 0 Å². The number of hydrogen-bond donors (Lipinski definition) is 3. The van der Waals surface area contributed by atoms with E-state index in [4.69, 9.17) is 11.5 Å². The van der Waals surface area contributed by atoms with E-state index in [1.54, 1.807) is 0 Å². The lowest BCUT2D eigenvalue weighted by Gasteiger charge is -2.31. The van der Waals surface area contributed by atoms with Gasteiger partial charge in [-0.25, -0.2) is 0 Å². The highest BCUT2D eigenvalue weighted by molar-refractivity contribution is 7.99. The van der Waals surface area contributed by atoms with Crippen LogP contribution in [0.2, 0.25) is 0 Å². The summed E-state index contributed by atoms with van der Waals surface area (Å²) < 4.78 is 0. The summed E-state index contributed by atoms with van der Waals surface area (Å²) in [5.41, 5.74) is 13.6. The molecule has 1 saturated heterocycles. The summed E-state index contributed by atoms with van der Waals surface area (Å²) in [5.74, 6) is -0.768. The highest BCUT2D eigenvalue weighted by Gasteiger charge is 2.24. The normalized spacial score (nSPS) is 17.4. The number of likely N-dealkylation sites (tertiary alicyclic amines) is 1. The third kappa shape index (κ3) is 4.31. The van der Waals surface area contributed by atoms with Crippen LogP contribution in [0.1, 0.15) is 28.9 Å². The Labute approximate surface area is 173 Å². The van der Waals surface area contributed by atoms with Gasteiger partial charge in [0.05, 0.1) is 10.8 Å². The number of piperidine rings is 1. The number of nitrogens with two attached hydrogens (primary N) is 2. The number of nitrogens with zero attached hydrogens (tertiary/aromatic N) is 1. The Kier molecular flexibility index (Phi) is 5.60. The number of carbonyl (C=O) groups is 2. The standard InChI is InChI=1S/C22H24N4O2S/c23-21(27)15-5-4-10-26(13-15)12-14-8-9-18-17(11-14)20(19(25-18)22(24)28)29-16-6-2-1-3-7-16/h1-3,6-9,11,15,25H,4-5,10,12-13H2,(H2,23,27)(H2,24,28). The quantitative estimate of drug-likeness (QED) is 0.583. The van der Waals surface area contributed by atoms with E-state index in [1.807, 2.05) is 36.4 Å². The second-order valence-electron chi connectivity index (χ2n) is 7.47. The molecule has 0 bridgehead atoms. The lowest BCUT2D eigenvalue weighted by atomic mass is 9.97. The molecular weight excluding hydrogens is 384 g/mol. The molecule has 150 valence electrons. The minimum Gasteiger partial charge on any atom is -0.369 e. The minimum absolute atomic E-state index is 0.0783. The van der Waals surface area contributed by atoms with Crippen LogP contribution in [0.5, 0.6) is 0 Å². The summed E-state index contributed by atoms with van der Waals surface area (Å²) in [4.78, 5) is 30.9. The predicted octanol–water partition coefficient (Wildman–Crippen LogP) is 3.12. The van der Waals surface area contributed by atoms with E-state index >= 15 is 0 Å². The monoisotopic (exact) mass is 408 g/mol. The first-order valence-corrected chi connectivity index (χ1v) is 10.5. The third-order valence-electron chi connectivity index (χ3n) is 5.34. The number of rotatable bonds is 6. The maximum absolute atomic E-state index is 12.0. The van der Waals surface area contributed by atoms with Gasteiger partial charge in [-0.15, -0.1) is 0 Å². The highest BCUT2D eigenvalue weighted by atomic mass is 32.2. The zero-order valence-corrected chi connectivity index (χ0v) is 16.9. The number of nitrogens with one attached hydrogen (secondary N) is 1. The predicted molar refractivity (Wildman–Crippen MR) is 115 cm³/mol. The van der Waals surface area contributed by atoms with Gasteiger partial charge < -0.3 is 16.5 Å². The van der Waals surface area contributed by atoms with Crippen molar-refractivity contribution in [2.45, 2.75) is 29.2 Å². The largest absolute Gasteiger partial charge is 0.369 e. The Balaban J connectivity index is 1.64. The van der Waals surface area contributed by atoms with Gasteiger partial charge in [-0.3, -0.25) is 14.5 Å². The Morgan fingerprint density at radius 3 is 2.66 bits per heavy atom. The van der Waals surface area contributed by atoms with E-state index in [-0.39, 0.29) is 11.8 Å². The fourth-order valence-corrected chi connectivity index (χ4v) is 4.95. The van der Waals surface area contributed by atoms with Crippen LogP contribution in [0.15, 0.2) is 58.3 Å². The van der Waals surface area contributed by atoms with Gasteiger partial charge in [0.2, 0.25) is 5.91 Å². The maximum Gasteiger partial charge on any atom is 0.266 e. The minimum atomic E-state index is -0.471. The lowest BCUT2D eigenvalue weighted by Crippen LogP contribution is -2.40. The molecule has 1 unspecified atom stereocenters. The van der Waals surface area contributed by atoms with Crippen molar-refractivity contribution in [3.8, 4) is 0 Å². The fraction of sp³-hybridized carbons (Fsp3) is 0.273. The molecule has 0 saturated carbocycles. The van der Waals surface area contributed by atoms with Crippen LogP contribution >= 0.6 is 11.8 Å². The van der Waals surface area contributed by atoms with Crippen molar-refractivity contribution < 1.29 is 9.59 Å². The number of amides is 2. The van der Waals surface area contributed by atoms with Crippen LogP contribution in [-0.2, 0) is 11.3 Å². The number of aromatic amines is 1. The Hall–Kier alpha value is -2.77. The van der Waals surface area contributed by atoms with Crippen molar-refractivity contribution in [3.05, 3.63) is 59.8 Å². The lowest BCUT2D eigenvalue weighted by molar-refractivity contribution is -0.123. The van der Waals surface area contributed by atoms with Crippen molar-refractivity contribution in [1.82, 2.24) is 9.88 Å². The molecule has 29 heavy (non-hydrogen) atoms. The molecular formula is C22H24N4O2S. The molecule has 1 aromatic heterocycles. The first kappa shape index (κ1) is 19.5. The van der Waals surface area contributed by atoms with Gasteiger partial charge >= 0.3 is 0 Å². The van der Waals surface area contributed by atoms with E-state index in [0.717, 1.165) is 52.2 Å². The van der Waals surface area contributed by atoms with Gasteiger partial charge in [0, 0.05) is 28.9 Å². The maximum atomic E-state index is 12.0. The van der Waals surface area contributed by atoms with Crippen molar-refractivity contribution in [2.75, 3.05) is 13.1 Å². The zero-order chi connectivity index (χ0) is 20.4. The van der Waals surface area contributed by atoms with Crippen LogP contribution in [0, 0.1) is 5.92 Å². The Morgan fingerprint density at radius 1 is 1.14 bits per heavy atom. The van der Waals surface area contributed by atoms with Gasteiger partial charge in [0.15, 0.2) is 0 Å². The summed E-state index contributed by atoms with van der Waals surface area (Å²) in [7, 11) is 0. The van der Waals surface area contributed by atoms with Gasteiger partial charge in [-0.1, -0.05) is 36.0 Å². The summed E-state index contributed by atoms with van der Waals surface area (Å²) in [6.07, 6.45) is 1.84. The average molecular weight is 409 g/mol. The molecule has 6 nitrogen and oxygen atoms in total. The number of fused-ring (bicyclic) bond motifs is 1. The molecule has 1 fully saturated rings. The number of carbonyl (C=O) groups excluding carboxylic acids is 2. The second kappa shape index (κ2) is 8.31. The molecule has 0 radical (unpaired) electrons. The van der Waals surface area contributed by atoms with Crippen LogP contribution in [-0.4, -0.2) is 34.8 Å². The molecule has 3 aromatic rings. The van der Waals surface area contributed by atoms with E-state index in [0.29, 0.717) is 12.2 Å². The number of benzene rings is 2. The number of primary amides is 2. The molecule has 1 atom stereocenters. The second-order valence-corrected chi connectivity index (χ2v) is 8.55. The highest BCUT2D eigenvalue weighted by Crippen LogP contribution is 2.37. The third-order valence-corrected chi connectivity index (χ3v) is 6.47. The Bertz CT molecular complexity index is 1050. The molecule has 1 aliphatic rings. The zero-order valence-electron chi connectivity index (χ0n) is 16.1. The van der Waals surface area contributed by atoms with Crippen LogP contribution in [0.3, 0.4) is 0 Å². The van der Waals surface area contributed by atoms with E-state index in [2.05, 4.69) is 22.0 Å². The van der Waals surface area contributed by atoms with Crippen molar-refractivity contribution >= 4 is 34.5 Å². The SMILES string of the molecule is NC(=O)c1[nH]c2ccc(CN3CCCC(C(N)=O)C3)cc2c1Sc1ccccc1. The summed E-state index contributed by atoms with van der Waals surface area (Å²) >= 11 is 1.53. The fourth-order valence-electron chi connectivity index (χ4n) is 3.89. The first-order valence-electron chi connectivity index (χ1n) is 9.70. The smallest absolute Gasteiger partial charge is 0.266 e. The average Bonchev–Trinajstić information content (AvgIpc) is 3.07.